The lowest BCUT2D eigenvalue weighted by Gasteiger charge is -2.37. The Hall–Kier alpha value is -4.14. The second-order valence-corrected chi connectivity index (χ2v) is 10.8. The highest BCUT2D eigenvalue weighted by atomic mass is 16.2. The first kappa shape index (κ1) is 25.2. The van der Waals surface area contributed by atoms with E-state index in [9.17, 15) is 4.79 Å². The molecule has 9 nitrogen and oxygen atoms in total. The van der Waals surface area contributed by atoms with Crippen molar-refractivity contribution in [2.75, 3.05) is 55.4 Å². The van der Waals surface area contributed by atoms with Crippen molar-refractivity contribution in [2.24, 2.45) is 0 Å². The van der Waals surface area contributed by atoms with Crippen molar-refractivity contribution >= 4 is 40.1 Å². The molecule has 4 aromatic rings. The minimum Gasteiger partial charge on any atom is -0.368 e. The molecule has 1 saturated carbocycles. The van der Waals surface area contributed by atoms with Gasteiger partial charge in [0.25, 0.3) is 5.91 Å². The van der Waals surface area contributed by atoms with Crippen molar-refractivity contribution in [3.63, 3.8) is 0 Å². The molecule has 0 unspecified atom stereocenters. The van der Waals surface area contributed by atoms with Crippen LogP contribution in [-0.2, 0) is 0 Å². The number of carbonyl (C=O) groups excluding carboxylic acids is 1. The van der Waals surface area contributed by atoms with Crippen LogP contribution in [-0.4, -0.2) is 70.6 Å². The lowest BCUT2D eigenvalue weighted by Crippen LogP contribution is -2.46. The molecule has 1 aromatic carbocycles. The zero-order chi connectivity index (χ0) is 26.9. The van der Waals surface area contributed by atoms with Crippen LogP contribution in [0.15, 0.2) is 54.9 Å². The van der Waals surface area contributed by atoms with Crippen molar-refractivity contribution < 1.29 is 4.79 Å². The standard InChI is InChI=1S/C30H36N8O/c1-21-8-10-23(11-9-21)36-14-16-37(17-15-36)25-12-13-27(31-20-25)33-30-32-19-22-18-26(29(39)35(2)3)38(28(22)34-30)24-6-4-5-7-24/h8-13,18-20,24H,4-7,14-17H2,1-3H3,(H,31,32,33,34). The van der Waals surface area contributed by atoms with Crippen LogP contribution in [0.5, 0.6) is 0 Å². The Morgan fingerprint density at radius 3 is 2.21 bits per heavy atom. The third-order valence-electron chi connectivity index (χ3n) is 7.92. The molecular weight excluding hydrogens is 488 g/mol. The number of hydrogen-bond acceptors (Lipinski definition) is 7. The summed E-state index contributed by atoms with van der Waals surface area (Å²) >= 11 is 0. The van der Waals surface area contributed by atoms with Gasteiger partial charge in [-0.25, -0.2) is 9.97 Å². The highest BCUT2D eigenvalue weighted by Crippen LogP contribution is 2.35. The Balaban J connectivity index is 1.16. The average Bonchev–Trinajstić information content (AvgIpc) is 3.61. The molecule has 0 atom stereocenters. The van der Waals surface area contributed by atoms with Crippen LogP contribution in [0, 0.1) is 6.92 Å². The summed E-state index contributed by atoms with van der Waals surface area (Å²) in [6.07, 6.45) is 8.18. The van der Waals surface area contributed by atoms with Gasteiger partial charge in [-0.2, -0.15) is 4.98 Å². The number of anilines is 4. The topological polar surface area (TPSA) is 82.4 Å². The van der Waals surface area contributed by atoms with E-state index >= 15 is 0 Å². The number of pyridine rings is 1. The maximum absolute atomic E-state index is 13.0. The number of fused-ring (bicyclic) bond motifs is 1. The predicted octanol–water partition coefficient (Wildman–Crippen LogP) is 5.02. The lowest BCUT2D eigenvalue weighted by molar-refractivity contribution is 0.0815. The van der Waals surface area contributed by atoms with Crippen molar-refractivity contribution in [3.05, 3.63) is 66.1 Å². The van der Waals surface area contributed by atoms with E-state index in [0.29, 0.717) is 17.5 Å². The monoisotopic (exact) mass is 524 g/mol. The first-order chi connectivity index (χ1) is 19.0. The van der Waals surface area contributed by atoms with Crippen molar-refractivity contribution in [1.29, 1.82) is 0 Å². The zero-order valence-electron chi connectivity index (χ0n) is 23.0. The molecule has 1 aliphatic carbocycles. The first-order valence-corrected chi connectivity index (χ1v) is 13.9. The van der Waals surface area contributed by atoms with Gasteiger partial charge in [0.15, 0.2) is 0 Å². The van der Waals surface area contributed by atoms with Crippen LogP contribution in [0.3, 0.4) is 0 Å². The van der Waals surface area contributed by atoms with Crippen molar-refractivity contribution in [3.8, 4) is 0 Å². The number of piperazine rings is 1. The third kappa shape index (κ3) is 5.13. The molecule has 202 valence electrons. The molecule has 3 aromatic heterocycles. The molecule has 4 heterocycles. The Bertz CT molecular complexity index is 1450. The number of nitrogens with one attached hydrogen (secondary N) is 1. The molecule has 0 radical (unpaired) electrons. The van der Waals surface area contributed by atoms with Gasteiger partial charge in [0.2, 0.25) is 5.95 Å². The summed E-state index contributed by atoms with van der Waals surface area (Å²) in [4.78, 5) is 33.4. The van der Waals surface area contributed by atoms with E-state index in [-0.39, 0.29) is 11.9 Å². The van der Waals surface area contributed by atoms with Crippen LogP contribution in [0.1, 0.15) is 47.8 Å². The molecule has 6 rings (SSSR count). The second kappa shape index (κ2) is 10.6. The van der Waals surface area contributed by atoms with E-state index in [1.54, 1.807) is 25.2 Å². The molecule has 1 aliphatic heterocycles. The number of aromatic nitrogens is 4. The third-order valence-corrected chi connectivity index (χ3v) is 7.92. The van der Waals surface area contributed by atoms with E-state index in [0.717, 1.165) is 55.7 Å². The molecule has 1 amide bonds. The SMILES string of the molecule is Cc1ccc(N2CCN(c3ccc(Nc4ncc5cc(C(=O)N(C)C)n(C6CCCC6)c5n4)nc3)CC2)cc1. The molecular formula is C30H36N8O. The highest BCUT2D eigenvalue weighted by molar-refractivity contribution is 5.97. The van der Waals surface area contributed by atoms with Gasteiger partial charge >= 0.3 is 0 Å². The van der Waals surface area contributed by atoms with Crippen LogP contribution in [0.2, 0.25) is 0 Å². The number of aryl methyl sites for hydroxylation is 1. The molecule has 9 heteroatoms. The highest BCUT2D eigenvalue weighted by Gasteiger charge is 2.26. The zero-order valence-corrected chi connectivity index (χ0v) is 23.0. The molecule has 2 fully saturated rings. The minimum atomic E-state index is -0.00800. The van der Waals surface area contributed by atoms with E-state index < -0.39 is 0 Å². The number of amides is 1. The molecule has 0 spiro atoms. The van der Waals surface area contributed by atoms with E-state index in [2.05, 4.69) is 66.9 Å². The van der Waals surface area contributed by atoms with Gasteiger partial charge < -0.3 is 24.6 Å². The number of hydrogen-bond donors (Lipinski definition) is 1. The number of nitrogens with zero attached hydrogens (tertiary/aromatic N) is 7. The van der Waals surface area contributed by atoms with Crippen LogP contribution in [0.25, 0.3) is 11.0 Å². The molecule has 1 N–H and O–H groups in total. The molecule has 0 bridgehead atoms. The average molecular weight is 525 g/mol. The van der Waals surface area contributed by atoms with Gasteiger partial charge in [0, 0.05) is 63.6 Å². The van der Waals surface area contributed by atoms with E-state index in [1.807, 2.05) is 18.3 Å². The van der Waals surface area contributed by atoms with Crippen LogP contribution < -0.4 is 15.1 Å². The fraction of sp³-hybridized carbons (Fsp3) is 0.400. The number of benzene rings is 1. The van der Waals surface area contributed by atoms with Gasteiger partial charge in [-0.15, -0.1) is 0 Å². The number of carbonyl (C=O) groups is 1. The summed E-state index contributed by atoms with van der Waals surface area (Å²) in [7, 11) is 3.58. The fourth-order valence-electron chi connectivity index (χ4n) is 5.73. The van der Waals surface area contributed by atoms with Gasteiger partial charge in [0.1, 0.15) is 17.2 Å². The lowest BCUT2D eigenvalue weighted by atomic mass is 10.2. The second-order valence-electron chi connectivity index (χ2n) is 10.8. The quantitative estimate of drug-likeness (QED) is 0.379. The van der Waals surface area contributed by atoms with Gasteiger partial charge in [-0.3, -0.25) is 4.79 Å². The summed E-state index contributed by atoms with van der Waals surface area (Å²) in [6.45, 7) is 5.99. The van der Waals surface area contributed by atoms with Crippen LogP contribution in [0.4, 0.5) is 23.1 Å². The summed E-state index contributed by atoms with van der Waals surface area (Å²) < 4.78 is 2.13. The summed E-state index contributed by atoms with van der Waals surface area (Å²) in [6, 6.07) is 15.0. The maximum atomic E-state index is 13.0. The Labute approximate surface area is 229 Å². The Morgan fingerprint density at radius 2 is 1.56 bits per heavy atom. The molecule has 1 saturated heterocycles. The smallest absolute Gasteiger partial charge is 0.270 e. The largest absolute Gasteiger partial charge is 0.368 e. The van der Waals surface area contributed by atoms with Gasteiger partial charge in [-0.05, 0) is 50.1 Å². The van der Waals surface area contributed by atoms with Crippen LogP contribution >= 0.6 is 0 Å². The normalized spacial score (nSPS) is 16.2. The van der Waals surface area contributed by atoms with E-state index in [1.165, 1.54) is 24.1 Å². The molecule has 2 aliphatic rings. The van der Waals surface area contributed by atoms with E-state index in [4.69, 9.17) is 4.98 Å². The fourth-order valence-corrected chi connectivity index (χ4v) is 5.73. The van der Waals surface area contributed by atoms with Crippen molar-refractivity contribution in [1.82, 2.24) is 24.4 Å². The van der Waals surface area contributed by atoms with Gasteiger partial charge in [0.05, 0.1) is 11.9 Å². The summed E-state index contributed by atoms with van der Waals surface area (Å²) in [5.41, 5.74) is 5.16. The number of rotatable bonds is 6. The predicted molar refractivity (Wildman–Crippen MR) is 156 cm³/mol. The Morgan fingerprint density at radius 1 is 0.897 bits per heavy atom. The first-order valence-electron chi connectivity index (χ1n) is 13.9. The summed E-state index contributed by atoms with van der Waals surface area (Å²) in [5.74, 6) is 1.17. The summed E-state index contributed by atoms with van der Waals surface area (Å²) in [5, 5.41) is 4.15. The maximum Gasteiger partial charge on any atom is 0.270 e. The van der Waals surface area contributed by atoms with Crippen molar-refractivity contribution in [2.45, 2.75) is 38.6 Å². The Kier molecular flexibility index (Phi) is 6.81. The van der Waals surface area contributed by atoms with Gasteiger partial charge in [-0.1, -0.05) is 30.5 Å². The minimum absolute atomic E-state index is 0.00800. The molecule has 39 heavy (non-hydrogen) atoms.